The topological polar surface area (TPSA) is 39.5 Å². The minimum atomic E-state index is 0.272. The summed E-state index contributed by atoms with van der Waals surface area (Å²) < 4.78 is 0. The lowest BCUT2D eigenvalue weighted by Crippen LogP contribution is -2.16. The molecule has 1 N–H and O–H groups in total. The zero-order valence-corrected chi connectivity index (χ0v) is 12.7. The number of allylic oxidation sites excluding steroid dienone is 3. The number of hydrogen-bond acceptors (Lipinski definition) is 2. The molecule has 4 rings (SSSR count). The highest BCUT2D eigenvalue weighted by atomic mass is 15.2. The number of nitrogens with one attached hydrogen (secondary N) is 1. The Morgan fingerprint density at radius 3 is 2.57 bits per heavy atom. The van der Waals surface area contributed by atoms with Crippen molar-refractivity contribution in [3.8, 4) is 0 Å². The fraction of sp³-hybridized carbons (Fsp3) is 0.100. The van der Waals surface area contributed by atoms with E-state index in [9.17, 15) is 0 Å². The Morgan fingerprint density at radius 2 is 1.78 bits per heavy atom. The zero-order chi connectivity index (χ0) is 15.8. The highest BCUT2D eigenvalue weighted by molar-refractivity contribution is 5.99. The highest BCUT2D eigenvalue weighted by Gasteiger charge is 2.36. The average Bonchev–Trinajstić information content (AvgIpc) is 2.95. The Morgan fingerprint density at radius 1 is 1.04 bits per heavy atom. The molecule has 0 saturated carbocycles. The van der Waals surface area contributed by atoms with Crippen LogP contribution in [0, 0.1) is 5.41 Å². The largest absolute Gasteiger partial charge is 0.313 e. The van der Waals surface area contributed by atoms with Crippen LogP contribution in [0.25, 0.3) is 0 Å². The summed E-state index contributed by atoms with van der Waals surface area (Å²) in [5, 5.41) is 7.94. The summed E-state index contributed by atoms with van der Waals surface area (Å²) in [5.74, 6) is 0.546. The predicted molar refractivity (Wildman–Crippen MR) is 95.8 cm³/mol. The molecule has 0 aromatic heterocycles. The molecule has 0 radical (unpaired) electrons. The van der Waals surface area contributed by atoms with Gasteiger partial charge in [-0.1, -0.05) is 42.5 Å². The molecular weight excluding hydrogens is 282 g/mol. The van der Waals surface area contributed by atoms with Gasteiger partial charge in [0.25, 0.3) is 0 Å². The van der Waals surface area contributed by atoms with E-state index in [1.807, 2.05) is 12.1 Å². The minimum Gasteiger partial charge on any atom is -0.313 e. The standard InChI is InChI=1S/C20H17N3/c1-22-20(21)14-11-12-19-17(13-14)16-9-5-6-10-18(16)23(19)15-7-3-2-4-8-15/h2-12,17,21H,1,13H2. The van der Waals surface area contributed by atoms with Crippen LogP contribution < -0.4 is 4.90 Å². The molecular formula is C20H17N3. The van der Waals surface area contributed by atoms with Crippen LogP contribution in [-0.4, -0.2) is 12.6 Å². The maximum absolute atomic E-state index is 7.94. The van der Waals surface area contributed by atoms with Crippen LogP contribution in [-0.2, 0) is 0 Å². The molecule has 0 amide bonds. The van der Waals surface area contributed by atoms with E-state index in [4.69, 9.17) is 5.41 Å². The summed E-state index contributed by atoms with van der Waals surface area (Å²) >= 11 is 0. The Balaban J connectivity index is 1.86. The number of rotatable bonds is 2. The lowest BCUT2D eigenvalue weighted by Gasteiger charge is -2.26. The first-order chi connectivity index (χ1) is 11.3. The van der Waals surface area contributed by atoms with Crippen molar-refractivity contribution in [1.29, 1.82) is 5.41 Å². The second-order valence-corrected chi connectivity index (χ2v) is 5.78. The van der Waals surface area contributed by atoms with Gasteiger partial charge in [-0.25, -0.2) is 4.99 Å². The highest BCUT2D eigenvalue weighted by Crippen LogP contribution is 2.51. The molecule has 2 aromatic carbocycles. The molecule has 1 heterocycles. The Kier molecular flexibility index (Phi) is 3.19. The predicted octanol–water partition coefficient (Wildman–Crippen LogP) is 4.81. The molecule has 1 unspecified atom stereocenters. The van der Waals surface area contributed by atoms with Gasteiger partial charge in [0, 0.05) is 23.0 Å². The molecule has 23 heavy (non-hydrogen) atoms. The van der Waals surface area contributed by atoms with Gasteiger partial charge in [-0.05, 0) is 48.6 Å². The number of fused-ring (bicyclic) bond motifs is 3. The summed E-state index contributed by atoms with van der Waals surface area (Å²) in [6.45, 7) is 3.48. The number of aliphatic imine (C=N–C) groups is 1. The van der Waals surface area contributed by atoms with E-state index < -0.39 is 0 Å². The molecule has 3 heteroatoms. The smallest absolute Gasteiger partial charge is 0.146 e. The molecule has 1 atom stereocenters. The number of amidine groups is 1. The third-order valence-electron chi connectivity index (χ3n) is 4.52. The molecule has 0 saturated heterocycles. The van der Waals surface area contributed by atoms with E-state index in [0.717, 1.165) is 12.0 Å². The third-order valence-corrected chi connectivity index (χ3v) is 4.52. The van der Waals surface area contributed by atoms with Crippen LogP contribution in [0.15, 0.2) is 83.0 Å². The van der Waals surface area contributed by atoms with Gasteiger partial charge in [-0.2, -0.15) is 0 Å². The molecule has 3 nitrogen and oxygen atoms in total. The van der Waals surface area contributed by atoms with E-state index in [2.05, 4.69) is 71.2 Å². The zero-order valence-electron chi connectivity index (χ0n) is 12.7. The Labute approximate surface area is 135 Å². The second-order valence-electron chi connectivity index (χ2n) is 5.78. The monoisotopic (exact) mass is 299 g/mol. The van der Waals surface area contributed by atoms with Gasteiger partial charge in [0.15, 0.2) is 0 Å². The fourth-order valence-corrected chi connectivity index (χ4v) is 3.46. The fourth-order valence-electron chi connectivity index (χ4n) is 3.46. The third kappa shape index (κ3) is 2.13. The minimum absolute atomic E-state index is 0.272. The first-order valence-electron chi connectivity index (χ1n) is 7.70. The first-order valence-corrected chi connectivity index (χ1v) is 7.70. The van der Waals surface area contributed by atoms with Crippen molar-refractivity contribution >= 4 is 23.9 Å². The number of anilines is 2. The number of nitrogens with zero attached hydrogens (tertiary/aromatic N) is 2. The van der Waals surface area contributed by atoms with E-state index in [1.165, 1.54) is 22.6 Å². The van der Waals surface area contributed by atoms with Crippen LogP contribution in [0.4, 0.5) is 11.4 Å². The SMILES string of the molecule is C=NC(=N)C1=CC=C2C(C1)c1ccccc1N2c1ccccc1. The molecule has 2 aromatic rings. The van der Waals surface area contributed by atoms with Crippen molar-refractivity contribution in [3.63, 3.8) is 0 Å². The lowest BCUT2D eigenvalue weighted by molar-refractivity contribution is 0.802. The van der Waals surface area contributed by atoms with Gasteiger partial charge in [-0.15, -0.1) is 0 Å². The van der Waals surface area contributed by atoms with E-state index in [-0.39, 0.29) is 11.8 Å². The Bertz CT molecular complexity index is 846. The van der Waals surface area contributed by atoms with Crippen LogP contribution in [0.5, 0.6) is 0 Å². The van der Waals surface area contributed by atoms with E-state index in [0.29, 0.717) is 0 Å². The van der Waals surface area contributed by atoms with Gasteiger partial charge >= 0.3 is 0 Å². The average molecular weight is 299 g/mol. The Hall–Kier alpha value is -2.94. The molecule has 0 bridgehead atoms. The summed E-state index contributed by atoms with van der Waals surface area (Å²) in [6, 6.07) is 18.9. The van der Waals surface area contributed by atoms with Crippen molar-refractivity contribution in [2.24, 2.45) is 4.99 Å². The van der Waals surface area contributed by atoms with Crippen LogP contribution in [0.2, 0.25) is 0 Å². The van der Waals surface area contributed by atoms with E-state index >= 15 is 0 Å². The molecule has 2 aliphatic rings. The van der Waals surface area contributed by atoms with Gasteiger partial charge in [0.2, 0.25) is 0 Å². The van der Waals surface area contributed by atoms with Crippen LogP contribution in [0.3, 0.4) is 0 Å². The van der Waals surface area contributed by atoms with Gasteiger partial charge in [-0.3, -0.25) is 5.41 Å². The molecule has 1 aliphatic heterocycles. The second kappa shape index (κ2) is 5.36. The maximum atomic E-state index is 7.94. The normalized spacial score (nSPS) is 18.6. The van der Waals surface area contributed by atoms with Crippen molar-refractivity contribution in [2.45, 2.75) is 12.3 Å². The summed E-state index contributed by atoms with van der Waals surface area (Å²) in [4.78, 5) is 6.10. The number of benzene rings is 2. The molecule has 0 fully saturated rings. The number of hydrogen-bond donors (Lipinski definition) is 1. The molecule has 1 aliphatic carbocycles. The quantitative estimate of drug-likeness (QED) is 0.627. The lowest BCUT2D eigenvalue weighted by atomic mass is 9.87. The van der Waals surface area contributed by atoms with Crippen molar-refractivity contribution in [1.82, 2.24) is 0 Å². The first kappa shape index (κ1) is 13.7. The van der Waals surface area contributed by atoms with Crippen LogP contribution >= 0.6 is 0 Å². The van der Waals surface area contributed by atoms with Gasteiger partial charge in [0.1, 0.15) is 5.84 Å². The van der Waals surface area contributed by atoms with E-state index in [1.54, 1.807) is 0 Å². The van der Waals surface area contributed by atoms with Crippen LogP contribution in [0.1, 0.15) is 17.9 Å². The molecule has 112 valence electrons. The van der Waals surface area contributed by atoms with Gasteiger partial charge < -0.3 is 4.90 Å². The summed E-state index contributed by atoms with van der Waals surface area (Å²) in [5.41, 5.74) is 5.91. The summed E-state index contributed by atoms with van der Waals surface area (Å²) in [7, 11) is 0. The van der Waals surface area contributed by atoms with Crippen molar-refractivity contribution in [3.05, 3.63) is 83.6 Å². The summed E-state index contributed by atoms with van der Waals surface area (Å²) in [6.07, 6.45) is 4.92. The maximum Gasteiger partial charge on any atom is 0.146 e. The van der Waals surface area contributed by atoms with Crippen molar-refractivity contribution < 1.29 is 0 Å². The molecule has 0 spiro atoms. The van der Waals surface area contributed by atoms with Gasteiger partial charge in [0.05, 0.1) is 0 Å². The van der Waals surface area contributed by atoms with Crippen molar-refractivity contribution in [2.75, 3.05) is 4.90 Å². The number of para-hydroxylation sites is 2.